The lowest BCUT2D eigenvalue weighted by molar-refractivity contribution is -0.143. The van der Waals surface area contributed by atoms with Crippen molar-refractivity contribution in [2.45, 2.75) is 77.5 Å². The zero-order valence-electron chi connectivity index (χ0n) is 22.3. The second kappa shape index (κ2) is 16.1. The Balaban J connectivity index is 3.15. The van der Waals surface area contributed by atoms with E-state index >= 15 is 0 Å². The molecule has 1 rings (SSSR count). The Morgan fingerprint density at radius 2 is 1.43 bits per heavy atom. The van der Waals surface area contributed by atoms with E-state index in [4.69, 9.17) is 5.73 Å². The highest BCUT2D eigenvalue weighted by Gasteiger charge is 2.32. The van der Waals surface area contributed by atoms with Crippen molar-refractivity contribution in [3.63, 3.8) is 0 Å². The van der Waals surface area contributed by atoms with Crippen molar-refractivity contribution in [2.75, 3.05) is 12.0 Å². The molecule has 0 bridgehead atoms. The molecule has 0 aliphatic rings. The number of benzene rings is 1. The number of hydrogen-bond acceptors (Lipinski definition) is 7. The van der Waals surface area contributed by atoms with Gasteiger partial charge in [0.25, 0.3) is 0 Å². The average Bonchev–Trinajstić information content (AvgIpc) is 2.88. The summed E-state index contributed by atoms with van der Waals surface area (Å²) >= 11 is 1.49. The summed E-state index contributed by atoms with van der Waals surface area (Å²) in [7, 11) is 0. The van der Waals surface area contributed by atoms with Gasteiger partial charge in [-0.25, -0.2) is 4.79 Å². The number of phenolic OH excluding ortho intramolecular Hbond substituents is 1. The highest BCUT2D eigenvalue weighted by atomic mass is 32.2. The number of phenols is 1. The third-order valence-electron chi connectivity index (χ3n) is 6.59. The molecule has 3 amide bonds. The normalized spacial score (nSPS) is 15.9. The molecule has 0 aliphatic carbocycles. The minimum absolute atomic E-state index is 0.0654. The molecule has 0 saturated carbocycles. The molecule has 10 nitrogen and oxygen atoms in total. The lowest BCUT2D eigenvalue weighted by atomic mass is 9.98. The molecule has 0 heterocycles. The van der Waals surface area contributed by atoms with Gasteiger partial charge in [0.15, 0.2) is 0 Å². The van der Waals surface area contributed by atoms with Gasteiger partial charge in [-0.05, 0) is 48.0 Å². The molecule has 0 fully saturated rings. The van der Waals surface area contributed by atoms with Gasteiger partial charge in [-0.3, -0.25) is 14.4 Å². The van der Waals surface area contributed by atoms with Crippen LogP contribution in [0, 0.1) is 11.8 Å². The maximum atomic E-state index is 13.4. The Morgan fingerprint density at radius 3 is 1.95 bits per heavy atom. The summed E-state index contributed by atoms with van der Waals surface area (Å²) in [5, 5.41) is 27.1. The molecule has 6 unspecified atom stereocenters. The van der Waals surface area contributed by atoms with Crippen LogP contribution in [-0.4, -0.2) is 70.1 Å². The van der Waals surface area contributed by atoms with Gasteiger partial charge >= 0.3 is 5.97 Å². The molecule has 37 heavy (non-hydrogen) atoms. The maximum Gasteiger partial charge on any atom is 0.326 e. The predicted molar refractivity (Wildman–Crippen MR) is 145 cm³/mol. The van der Waals surface area contributed by atoms with E-state index in [1.54, 1.807) is 19.1 Å². The predicted octanol–water partition coefficient (Wildman–Crippen LogP) is 1.65. The Morgan fingerprint density at radius 1 is 0.892 bits per heavy atom. The summed E-state index contributed by atoms with van der Waals surface area (Å²) in [5.74, 6) is -2.61. The molecule has 208 valence electrons. The Hall–Kier alpha value is -2.79. The van der Waals surface area contributed by atoms with Crippen LogP contribution in [0.4, 0.5) is 0 Å². The fourth-order valence-electron chi connectivity index (χ4n) is 3.57. The number of amides is 3. The van der Waals surface area contributed by atoms with Crippen LogP contribution in [-0.2, 0) is 25.6 Å². The molecule has 0 spiro atoms. The van der Waals surface area contributed by atoms with Crippen LogP contribution in [0.2, 0.25) is 0 Å². The number of rotatable bonds is 16. The molecule has 7 N–H and O–H groups in total. The van der Waals surface area contributed by atoms with E-state index in [2.05, 4.69) is 16.0 Å². The Kier molecular flexibility index (Phi) is 14.1. The van der Waals surface area contributed by atoms with Crippen LogP contribution in [0.5, 0.6) is 5.75 Å². The topological polar surface area (TPSA) is 171 Å². The SMILES string of the molecule is CCC(C)C(N)C(=O)NC(Cc1ccc(O)cc1)C(=O)NC(CCSC)C(=O)NC(C(=O)O)C(C)CC. The minimum Gasteiger partial charge on any atom is -0.508 e. The van der Waals surface area contributed by atoms with Crippen molar-refractivity contribution < 1.29 is 29.4 Å². The van der Waals surface area contributed by atoms with Gasteiger partial charge in [-0.2, -0.15) is 11.8 Å². The van der Waals surface area contributed by atoms with Crippen LogP contribution in [0.1, 0.15) is 52.5 Å². The molecular formula is C26H42N4O6S. The molecule has 0 aliphatic heterocycles. The number of carbonyl (C=O) groups is 4. The van der Waals surface area contributed by atoms with Gasteiger partial charge in [0.1, 0.15) is 23.9 Å². The van der Waals surface area contributed by atoms with E-state index in [0.29, 0.717) is 24.2 Å². The number of carboxylic acid groups (broad SMARTS) is 1. The highest BCUT2D eigenvalue weighted by Crippen LogP contribution is 2.14. The van der Waals surface area contributed by atoms with Crippen molar-refractivity contribution in [1.82, 2.24) is 16.0 Å². The number of thioether (sulfide) groups is 1. The van der Waals surface area contributed by atoms with Crippen molar-refractivity contribution in [3.05, 3.63) is 29.8 Å². The molecule has 1 aromatic carbocycles. The summed E-state index contributed by atoms with van der Waals surface area (Å²) in [6.07, 6.45) is 3.47. The Bertz CT molecular complexity index is 898. The first kappa shape index (κ1) is 32.2. The van der Waals surface area contributed by atoms with E-state index in [9.17, 15) is 29.4 Å². The first-order valence-electron chi connectivity index (χ1n) is 12.6. The van der Waals surface area contributed by atoms with Crippen molar-refractivity contribution in [1.29, 1.82) is 0 Å². The fourth-order valence-corrected chi connectivity index (χ4v) is 4.04. The monoisotopic (exact) mass is 538 g/mol. The molecule has 0 saturated heterocycles. The third-order valence-corrected chi connectivity index (χ3v) is 7.23. The quantitative estimate of drug-likeness (QED) is 0.184. The van der Waals surface area contributed by atoms with Crippen LogP contribution < -0.4 is 21.7 Å². The second-order valence-corrected chi connectivity index (χ2v) is 10.4. The standard InChI is InChI=1S/C26H42N4O6S/c1-6-15(3)21(27)25(34)29-20(14-17-8-10-18(31)11-9-17)24(33)28-19(12-13-37-5)23(32)30-22(26(35)36)16(4)7-2/h8-11,15-16,19-22,31H,6-7,12-14,27H2,1-5H3,(H,28,33)(H,29,34)(H,30,32)(H,35,36). The van der Waals surface area contributed by atoms with Crippen molar-refractivity contribution in [2.24, 2.45) is 17.6 Å². The summed E-state index contributed by atoms with van der Waals surface area (Å²) in [6.45, 7) is 7.33. The zero-order valence-corrected chi connectivity index (χ0v) is 23.1. The van der Waals surface area contributed by atoms with Crippen molar-refractivity contribution in [3.8, 4) is 5.75 Å². The lowest BCUT2D eigenvalue weighted by Crippen LogP contribution is -2.58. The van der Waals surface area contributed by atoms with Crippen molar-refractivity contribution >= 4 is 35.5 Å². The number of aliphatic carboxylic acids is 1. The average molecular weight is 539 g/mol. The van der Waals surface area contributed by atoms with E-state index in [1.165, 1.54) is 23.9 Å². The van der Waals surface area contributed by atoms with Gasteiger partial charge in [0, 0.05) is 6.42 Å². The number of nitrogens with two attached hydrogens (primary N) is 1. The van der Waals surface area contributed by atoms with E-state index < -0.39 is 47.9 Å². The third kappa shape index (κ3) is 10.6. The minimum atomic E-state index is -1.14. The number of carbonyl (C=O) groups excluding carboxylic acids is 3. The van der Waals surface area contributed by atoms with Gasteiger partial charge in [0.05, 0.1) is 6.04 Å². The first-order chi connectivity index (χ1) is 17.4. The molecule has 6 atom stereocenters. The van der Waals surface area contributed by atoms with E-state index in [-0.39, 0.29) is 30.4 Å². The van der Waals surface area contributed by atoms with E-state index in [1.807, 2.05) is 27.0 Å². The lowest BCUT2D eigenvalue weighted by Gasteiger charge is -2.27. The number of aromatic hydroxyl groups is 1. The Labute approximate surface area is 223 Å². The summed E-state index contributed by atoms with van der Waals surface area (Å²) < 4.78 is 0. The smallest absolute Gasteiger partial charge is 0.326 e. The molecule has 1 aromatic rings. The number of nitrogens with one attached hydrogen (secondary N) is 3. The second-order valence-electron chi connectivity index (χ2n) is 9.40. The van der Waals surface area contributed by atoms with Crippen LogP contribution in [0.25, 0.3) is 0 Å². The van der Waals surface area contributed by atoms with E-state index in [0.717, 1.165) is 0 Å². The highest BCUT2D eigenvalue weighted by molar-refractivity contribution is 7.98. The summed E-state index contributed by atoms with van der Waals surface area (Å²) in [5.41, 5.74) is 6.76. The maximum absolute atomic E-state index is 13.4. The fraction of sp³-hybridized carbons (Fsp3) is 0.615. The number of carboxylic acids is 1. The van der Waals surface area contributed by atoms with Crippen LogP contribution in [0.15, 0.2) is 24.3 Å². The number of hydrogen-bond donors (Lipinski definition) is 6. The van der Waals surface area contributed by atoms with Gasteiger partial charge in [-0.15, -0.1) is 0 Å². The largest absolute Gasteiger partial charge is 0.508 e. The zero-order chi connectivity index (χ0) is 28.1. The molecule has 0 radical (unpaired) electrons. The first-order valence-corrected chi connectivity index (χ1v) is 14.0. The molecule has 0 aromatic heterocycles. The molecule has 11 heteroatoms. The van der Waals surface area contributed by atoms with Crippen LogP contribution >= 0.6 is 11.8 Å². The molecular weight excluding hydrogens is 496 g/mol. The summed E-state index contributed by atoms with van der Waals surface area (Å²) in [6, 6.07) is 2.29. The van der Waals surface area contributed by atoms with Gasteiger partial charge < -0.3 is 31.9 Å². The van der Waals surface area contributed by atoms with Crippen LogP contribution in [0.3, 0.4) is 0 Å². The van der Waals surface area contributed by atoms with Gasteiger partial charge in [-0.1, -0.05) is 52.7 Å². The summed E-state index contributed by atoms with van der Waals surface area (Å²) in [4.78, 5) is 51.0. The van der Waals surface area contributed by atoms with Gasteiger partial charge in [0.2, 0.25) is 17.7 Å².